The zero-order valence-electron chi connectivity index (χ0n) is 12.7. The summed E-state index contributed by atoms with van der Waals surface area (Å²) < 4.78 is 0. The van der Waals surface area contributed by atoms with E-state index in [0.717, 1.165) is 25.0 Å². The molecular formula is C15H26N2O3S. The zero-order chi connectivity index (χ0) is 15.9. The van der Waals surface area contributed by atoms with E-state index in [0.29, 0.717) is 31.2 Å². The van der Waals surface area contributed by atoms with E-state index >= 15 is 0 Å². The van der Waals surface area contributed by atoms with Gasteiger partial charge in [-0.25, -0.2) is 4.79 Å². The van der Waals surface area contributed by atoms with Crippen LogP contribution in [0.5, 0.6) is 0 Å². The fraction of sp³-hybridized carbons (Fsp3) is 0.733. The minimum Gasteiger partial charge on any atom is -0.481 e. The van der Waals surface area contributed by atoms with Crippen molar-refractivity contribution < 1.29 is 14.7 Å². The Morgan fingerprint density at radius 1 is 1.24 bits per heavy atom. The molecule has 5 nitrogen and oxygen atoms in total. The molecule has 6 heteroatoms. The fourth-order valence-corrected chi connectivity index (χ4v) is 2.50. The third kappa shape index (κ3) is 13.4. The molecule has 3 N–H and O–H groups in total. The quantitative estimate of drug-likeness (QED) is 0.381. The molecule has 0 aliphatic heterocycles. The van der Waals surface area contributed by atoms with Crippen molar-refractivity contribution in [2.75, 3.05) is 24.6 Å². The van der Waals surface area contributed by atoms with E-state index in [1.165, 1.54) is 0 Å². The van der Waals surface area contributed by atoms with Crippen LogP contribution in [0.1, 0.15) is 39.0 Å². The average molecular weight is 314 g/mol. The number of carboxylic acid groups (broad SMARTS) is 1. The summed E-state index contributed by atoms with van der Waals surface area (Å²) in [4.78, 5) is 22.1. The third-order valence-electron chi connectivity index (χ3n) is 3.02. The van der Waals surface area contributed by atoms with E-state index in [1.807, 2.05) is 0 Å². The predicted octanol–water partition coefficient (Wildman–Crippen LogP) is 2.32. The number of carboxylic acids is 1. The monoisotopic (exact) mass is 314 g/mol. The van der Waals surface area contributed by atoms with Crippen molar-refractivity contribution >= 4 is 23.8 Å². The smallest absolute Gasteiger partial charge is 0.314 e. The highest BCUT2D eigenvalue weighted by molar-refractivity contribution is 7.99. The van der Waals surface area contributed by atoms with Crippen molar-refractivity contribution in [2.45, 2.75) is 39.0 Å². The topological polar surface area (TPSA) is 78.4 Å². The number of hydrogen-bond acceptors (Lipinski definition) is 3. The Labute approximate surface area is 131 Å². The van der Waals surface area contributed by atoms with Crippen LogP contribution >= 0.6 is 11.8 Å². The number of carbonyl (C=O) groups is 2. The van der Waals surface area contributed by atoms with Gasteiger partial charge in [-0.1, -0.05) is 25.7 Å². The minimum absolute atomic E-state index is 0.176. The largest absolute Gasteiger partial charge is 0.481 e. The lowest BCUT2D eigenvalue weighted by Crippen LogP contribution is -2.37. The van der Waals surface area contributed by atoms with E-state index in [2.05, 4.69) is 23.5 Å². The summed E-state index contributed by atoms with van der Waals surface area (Å²) in [5, 5.41) is 14.3. The first kappa shape index (κ1) is 19.7. The second kappa shape index (κ2) is 13.6. The molecule has 0 aromatic heterocycles. The predicted molar refractivity (Wildman–Crippen MR) is 87.4 cm³/mol. The lowest BCUT2D eigenvalue weighted by atomic mass is 9.94. The summed E-state index contributed by atoms with van der Waals surface area (Å²) in [5.74, 6) is 3.59. The summed E-state index contributed by atoms with van der Waals surface area (Å²) in [7, 11) is 0. The Hall–Kier alpha value is -1.35. The Morgan fingerprint density at radius 2 is 1.95 bits per heavy atom. The summed E-state index contributed by atoms with van der Waals surface area (Å²) in [5.41, 5.74) is 0. The normalized spacial score (nSPS) is 11.4. The maximum atomic E-state index is 11.5. The lowest BCUT2D eigenvalue weighted by Gasteiger charge is -2.15. The van der Waals surface area contributed by atoms with Gasteiger partial charge in [0.2, 0.25) is 0 Å². The van der Waals surface area contributed by atoms with Crippen LogP contribution < -0.4 is 10.6 Å². The molecular weight excluding hydrogens is 288 g/mol. The van der Waals surface area contributed by atoms with Crippen molar-refractivity contribution in [3.63, 3.8) is 0 Å². The molecule has 0 aromatic rings. The number of thioether (sulfide) groups is 1. The molecule has 0 saturated heterocycles. The van der Waals surface area contributed by atoms with E-state index in [-0.39, 0.29) is 12.5 Å². The van der Waals surface area contributed by atoms with Crippen LogP contribution in [0.25, 0.3) is 0 Å². The Morgan fingerprint density at radius 3 is 2.57 bits per heavy atom. The van der Waals surface area contributed by atoms with Gasteiger partial charge in [-0.2, -0.15) is 0 Å². The van der Waals surface area contributed by atoms with Crippen molar-refractivity contribution in [3.8, 4) is 12.3 Å². The highest BCUT2D eigenvalue weighted by atomic mass is 32.2. The van der Waals surface area contributed by atoms with Gasteiger partial charge in [-0.15, -0.1) is 18.2 Å². The van der Waals surface area contributed by atoms with Crippen LogP contribution in [-0.2, 0) is 4.79 Å². The molecule has 2 amide bonds. The molecule has 0 rings (SSSR count). The number of hydrogen-bond donors (Lipinski definition) is 3. The van der Waals surface area contributed by atoms with Crippen molar-refractivity contribution in [2.24, 2.45) is 5.92 Å². The average Bonchev–Trinajstić information content (AvgIpc) is 2.44. The van der Waals surface area contributed by atoms with E-state index < -0.39 is 5.97 Å². The van der Waals surface area contributed by atoms with Gasteiger partial charge in [0, 0.05) is 25.3 Å². The minimum atomic E-state index is -0.758. The highest BCUT2D eigenvalue weighted by Crippen LogP contribution is 2.17. The van der Waals surface area contributed by atoms with Crippen molar-refractivity contribution in [1.29, 1.82) is 0 Å². The summed E-state index contributed by atoms with van der Waals surface area (Å²) in [6, 6.07) is -0.176. The van der Waals surface area contributed by atoms with Gasteiger partial charge in [0.25, 0.3) is 0 Å². The standard InChI is InChI=1S/C15H26N2O3S/c1-3-5-13(6-7-14(18)19)8-9-16-15(20)17-10-12-21-11-4-2/h2,13H,3,5-12H2,1H3,(H,18,19)(H2,16,17,20). The first-order chi connectivity index (χ1) is 10.1. The molecule has 0 spiro atoms. The molecule has 0 aliphatic carbocycles. The van der Waals surface area contributed by atoms with Crippen molar-refractivity contribution in [1.82, 2.24) is 10.6 Å². The Bertz CT molecular complexity index is 342. The van der Waals surface area contributed by atoms with E-state index in [4.69, 9.17) is 11.5 Å². The molecule has 0 saturated carbocycles. The zero-order valence-corrected chi connectivity index (χ0v) is 13.5. The fourth-order valence-electron chi connectivity index (χ4n) is 1.99. The van der Waals surface area contributed by atoms with E-state index in [1.54, 1.807) is 11.8 Å². The number of nitrogens with one attached hydrogen (secondary N) is 2. The molecule has 0 fully saturated rings. The number of amides is 2. The summed E-state index contributed by atoms with van der Waals surface area (Å²) >= 11 is 1.61. The molecule has 0 aliphatic rings. The third-order valence-corrected chi connectivity index (χ3v) is 3.88. The van der Waals surface area contributed by atoms with Gasteiger partial charge >= 0.3 is 12.0 Å². The molecule has 21 heavy (non-hydrogen) atoms. The van der Waals surface area contributed by atoms with Crippen molar-refractivity contribution in [3.05, 3.63) is 0 Å². The number of carbonyl (C=O) groups excluding carboxylic acids is 1. The summed E-state index contributed by atoms with van der Waals surface area (Å²) in [6.07, 6.45) is 8.85. The molecule has 1 atom stereocenters. The SMILES string of the molecule is C#CCSCCNC(=O)NCCC(CCC)CCC(=O)O. The molecule has 0 aromatic carbocycles. The van der Waals surface area contributed by atoms with Gasteiger partial charge in [0.05, 0.1) is 5.75 Å². The second-order valence-electron chi connectivity index (χ2n) is 4.82. The molecule has 1 unspecified atom stereocenters. The maximum absolute atomic E-state index is 11.5. The van der Waals surface area contributed by atoms with Gasteiger partial charge < -0.3 is 15.7 Å². The van der Waals surface area contributed by atoms with Crippen LogP contribution in [0, 0.1) is 18.3 Å². The molecule has 0 bridgehead atoms. The second-order valence-corrected chi connectivity index (χ2v) is 5.92. The number of urea groups is 1. The number of aliphatic carboxylic acids is 1. The number of rotatable bonds is 12. The molecule has 0 heterocycles. The summed E-state index contributed by atoms with van der Waals surface area (Å²) in [6.45, 7) is 3.25. The van der Waals surface area contributed by atoms with Gasteiger partial charge in [0.1, 0.15) is 0 Å². The van der Waals surface area contributed by atoms with Gasteiger partial charge in [0.15, 0.2) is 0 Å². The maximum Gasteiger partial charge on any atom is 0.314 e. The van der Waals surface area contributed by atoms with E-state index in [9.17, 15) is 9.59 Å². The van der Waals surface area contributed by atoms with Crippen LogP contribution in [-0.4, -0.2) is 41.7 Å². The van der Waals surface area contributed by atoms with Gasteiger partial charge in [-0.3, -0.25) is 4.79 Å². The highest BCUT2D eigenvalue weighted by Gasteiger charge is 2.10. The molecule has 0 radical (unpaired) electrons. The van der Waals surface area contributed by atoms with Crippen LogP contribution in [0.15, 0.2) is 0 Å². The Balaban J connectivity index is 3.69. The van der Waals surface area contributed by atoms with Gasteiger partial charge in [-0.05, 0) is 18.8 Å². The first-order valence-electron chi connectivity index (χ1n) is 7.34. The molecule has 120 valence electrons. The van der Waals surface area contributed by atoms with Crippen LogP contribution in [0.4, 0.5) is 4.79 Å². The lowest BCUT2D eigenvalue weighted by molar-refractivity contribution is -0.137. The number of terminal acetylenes is 1. The Kier molecular flexibility index (Phi) is 12.7. The van der Waals surface area contributed by atoms with Crippen LogP contribution in [0.3, 0.4) is 0 Å². The van der Waals surface area contributed by atoms with Crippen LogP contribution in [0.2, 0.25) is 0 Å². The first-order valence-corrected chi connectivity index (χ1v) is 8.50.